The number of benzene rings is 1. The van der Waals surface area contributed by atoms with Crippen molar-refractivity contribution in [2.75, 3.05) is 0 Å². The van der Waals surface area contributed by atoms with Gasteiger partial charge in [-0.1, -0.05) is 35.3 Å². The van der Waals surface area contributed by atoms with E-state index in [-0.39, 0.29) is 6.04 Å². The molecule has 3 nitrogen and oxygen atoms in total. The Kier molecular flexibility index (Phi) is 3.95. The maximum atomic E-state index is 6.21. The average Bonchev–Trinajstić information content (AvgIpc) is 2.66. The summed E-state index contributed by atoms with van der Waals surface area (Å²) in [5, 5.41) is 5.34. The molecule has 1 aromatic heterocycles. The number of nitrogens with zero attached hydrogens (tertiary/aromatic N) is 2. The van der Waals surface area contributed by atoms with E-state index in [2.05, 4.69) is 5.10 Å². The zero-order chi connectivity index (χ0) is 13.3. The van der Waals surface area contributed by atoms with Crippen LogP contribution in [-0.4, -0.2) is 9.78 Å². The highest BCUT2D eigenvalue weighted by Gasteiger charge is 2.15. The molecule has 0 aliphatic heterocycles. The lowest BCUT2D eigenvalue weighted by molar-refractivity contribution is 0.701. The number of aromatic nitrogens is 2. The second-order valence-corrected chi connectivity index (χ2v) is 5.12. The van der Waals surface area contributed by atoms with E-state index in [4.69, 9.17) is 28.9 Å². The summed E-state index contributed by atoms with van der Waals surface area (Å²) in [6.07, 6.45) is 2.45. The van der Waals surface area contributed by atoms with Crippen molar-refractivity contribution in [3.8, 4) is 0 Å². The van der Waals surface area contributed by atoms with Crippen LogP contribution in [-0.2, 0) is 13.5 Å². The van der Waals surface area contributed by atoms with Gasteiger partial charge < -0.3 is 5.73 Å². The highest BCUT2D eigenvalue weighted by atomic mass is 35.5. The lowest BCUT2D eigenvalue weighted by Crippen LogP contribution is -2.14. The van der Waals surface area contributed by atoms with Gasteiger partial charge in [-0.15, -0.1) is 0 Å². The molecule has 1 heterocycles. The minimum atomic E-state index is -0.130. The van der Waals surface area contributed by atoms with Gasteiger partial charge in [0.15, 0.2) is 0 Å². The second-order valence-electron chi connectivity index (χ2n) is 4.33. The molecular formula is C13H15Cl2N3. The molecule has 0 radical (unpaired) electrons. The van der Waals surface area contributed by atoms with E-state index in [0.717, 1.165) is 16.8 Å². The van der Waals surface area contributed by atoms with Crippen LogP contribution in [0.5, 0.6) is 0 Å². The maximum absolute atomic E-state index is 6.21. The summed E-state index contributed by atoms with van der Waals surface area (Å²) in [4.78, 5) is 0. The predicted molar refractivity (Wildman–Crippen MR) is 75.0 cm³/mol. The minimum absolute atomic E-state index is 0.130. The largest absolute Gasteiger partial charge is 0.324 e. The van der Waals surface area contributed by atoms with Crippen LogP contribution in [0.1, 0.15) is 22.9 Å². The molecule has 0 saturated heterocycles. The molecule has 18 heavy (non-hydrogen) atoms. The Hall–Kier alpha value is -1.03. The molecule has 96 valence electrons. The number of rotatable bonds is 3. The van der Waals surface area contributed by atoms with Crippen molar-refractivity contribution in [1.29, 1.82) is 0 Å². The summed E-state index contributed by atoms with van der Waals surface area (Å²) < 4.78 is 1.81. The van der Waals surface area contributed by atoms with Gasteiger partial charge >= 0.3 is 0 Å². The van der Waals surface area contributed by atoms with Gasteiger partial charge in [0.25, 0.3) is 0 Å². The third-order valence-corrected chi connectivity index (χ3v) is 4.00. The Morgan fingerprint density at radius 3 is 2.72 bits per heavy atom. The van der Waals surface area contributed by atoms with E-state index >= 15 is 0 Å². The van der Waals surface area contributed by atoms with Crippen molar-refractivity contribution >= 4 is 23.2 Å². The first-order valence-corrected chi connectivity index (χ1v) is 6.43. The third-order valence-electron chi connectivity index (χ3n) is 3.14. The first kappa shape index (κ1) is 13.4. The summed E-state index contributed by atoms with van der Waals surface area (Å²) in [7, 11) is 1.90. The minimum Gasteiger partial charge on any atom is -0.324 e. The normalized spacial score (nSPS) is 12.7. The average molecular weight is 284 g/mol. The zero-order valence-electron chi connectivity index (χ0n) is 10.3. The molecule has 0 aliphatic carbocycles. The molecule has 0 amide bonds. The molecule has 0 bridgehead atoms. The molecule has 1 atom stereocenters. The molecule has 1 unspecified atom stereocenters. The molecule has 2 N–H and O–H groups in total. The summed E-state index contributed by atoms with van der Waals surface area (Å²) in [6, 6.07) is 5.47. The van der Waals surface area contributed by atoms with Crippen LogP contribution in [0.25, 0.3) is 0 Å². The monoisotopic (exact) mass is 283 g/mol. The van der Waals surface area contributed by atoms with Crippen LogP contribution >= 0.6 is 23.2 Å². The van der Waals surface area contributed by atoms with Gasteiger partial charge in [0, 0.05) is 24.3 Å². The molecule has 5 heteroatoms. The van der Waals surface area contributed by atoms with Gasteiger partial charge in [0.1, 0.15) is 0 Å². The van der Waals surface area contributed by atoms with E-state index in [9.17, 15) is 0 Å². The summed E-state index contributed by atoms with van der Waals surface area (Å²) in [6.45, 7) is 2.00. The number of aryl methyl sites for hydroxylation is 1. The van der Waals surface area contributed by atoms with Crippen molar-refractivity contribution in [1.82, 2.24) is 9.78 Å². The standard InChI is InChI=1S/C13H15Cl2N3/c1-8-10(7-17-18(8)2)12(16)6-9-4-3-5-11(14)13(9)15/h3-5,7,12H,6,16H2,1-2H3. The summed E-state index contributed by atoms with van der Waals surface area (Å²) >= 11 is 12.2. The second kappa shape index (κ2) is 5.31. The highest BCUT2D eigenvalue weighted by molar-refractivity contribution is 6.42. The molecule has 2 aromatic rings. The van der Waals surface area contributed by atoms with Crippen molar-refractivity contribution in [3.63, 3.8) is 0 Å². The van der Waals surface area contributed by atoms with E-state index in [1.807, 2.05) is 30.8 Å². The molecule has 0 fully saturated rings. The highest BCUT2D eigenvalue weighted by Crippen LogP contribution is 2.29. The van der Waals surface area contributed by atoms with Crippen LogP contribution in [0.3, 0.4) is 0 Å². The Morgan fingerprint density at radius 2 is 2.11 bits per heavy atom. The van der Waals surface area contributed by atoms with Gasteiger partial charge in [-0.05, 0) is 25.0 Å². The molecule has 0 aliphatic rings. The zero-order valence-corrected chi connectivity index (χ0v) is 11.8. The van der Waals surface area contributed by atoms with Crippen molar-refractivity contribution in [3.05, 3.63) is 51.3 Å². The summed E-state index contributed by atoms with van der Waals surface area (Å²) in [5.74, 6) is 0. The lowest BCUT2D eigenvalue weighted by atomic mass is 10.0. The molecule has 2 rings (SSSR count). The Bertz CT molecular complexity index is 563. The maximum Gasteiger partial charge on any atom is 0.0624 e. The fourth-order valence-electron chi connectivity index (χ4n) is 1.93. The number of hydrogen-bond acceptors (Lipinski definition) is 2. The van der Waals surface area contributed by atoms with Crippen molar-refractivity contribution in [2.24, 2.45) is 12.8 Å². The number of halogens is 2. The van der Waals surface area contributed by atoms with Crippen LogP contribution in [0.15, 0.2) is 24.4 Å². The molecular weight excluding hydrogens is 269 g/mol. The van der Waals surface area contributed by atoms with E-state index in [1.165, 1.54) is 0 Å². The fraction of sp³-hybridized carbons (Fsp3) is 0.308. The Labute approximate surface area is 117 Å². The molecule has 0 spiro atoms. The Balaban J connectivity index is 2.24. The van der Waals surface area contributed by atoms with Gasteiger partial charge in [-0.25, -0.2) is 0 Å². The van der Waals surface area contributed by atoms with Gasteiger partial charge in [-0.3, -0.25) is 4.68 Å². The Morgan fingerprint density at radius 1 is 1.39 bits per heavy atom. The van der Waals surface area contributed by atoms with Crippen LogP contribution in [0.2, 0.25) is 10.0 Å². The van der Waals surface area contributed by atoms with Crippen molar-refractivity contribution in [2.45, 2.75) is 19.4 Å². The number of hydrogen-bond donors (Lipinski definition) is 1. The SMILES string of the molecule is Cc1c(C(N)Cc2cccc(Cl)c2Cl)cnn1C. The van der Waals surface area contributed by atoms with E-state index in [1.54, 1.807) is 12.3 Å². The van der Waals surface area contributed by atoms with Gasteiger partial charge in [-0.2, -0.15) is 5.10 Å². The first-order chi connectivity index (χ1) is 8.50. The molecule has 0 saturated carbocycles. The number of nitrogens with two attached hydrogens (primary N) is 1. The van der Waals surface area contributed by atoms with Crippen LogP contribution < -0.4 is 5.73 Å². The third kappa shape index (κ3) is 2.53. The summed E-state index contributed by atoms with van der Waals surface area (Å²) in [5.41, 5.74) is 9.27. The quantitative estimate of drug-likeness (QED) is 0.940. The first-order valence-electron chi connectivity index (χ1n) is 5.67. The fourth-order valence-corrected chi connectivity index (χ4v) is 2.33. The topological polar surface area (TPSA) is 43.8 Å². The van der Waals surface area contributed by atoms with Gasteiger partial charge in [0.2, 0.25) is 0 Å². The van der Waals surface area contributed by atoms with E-state index in [0.29, 0.717) is 16.5 Å². The lowest BCUT2D eigenvalue weighted by Gasteiger charge is -2.13. The van der Waals surface area contributed by atoms with Crippen LogP contribution in [0.4, 0.5) is 0 Å². The molecule has 1 aromatic carbocycles. The van der Waals surface area contributed by atoms with Gasteiger partial charge in [0.05, 0.1) is 16.2 Å². The van der Waals surface area contributed by atoms with Crippen molar-refractivity contribution < 1.29 is 0 Å². The van der Waals surface area contributed by atoms with E-state index < -0.39 is 0 Å². The van der Waals surface area contributed by atoms with Crippen LogP contribution in [0, 0.1) is 6.92 Å². The smallest absolute Gasteiger partial charge is 0.0624 e. The predicted octanol–water partition coefficient (Wildman–Crippen LogP) is 3.28.